The minimum atomic E-state index is -0.365. The quantitative estimate of drug-likeness (QED) is 0.631. The Morgan fingerprint density at radius 2 is 2.19 bits per heavy atom. The lowest BCUT2D eigenvalue weighted by atomic mass is 10.0. The van der Waals surface area contributed by atoms with Crippen molar-refractivity contribution in [2.24, 2.45) is 5.10 Å². The SMILES string of the molecule is COc1ccc(N/N=C2\CCNC(=O)c3[nH]c4ccc(F)cc4c32)cn1. The summed E-state index contributed by atoms with van der Waals surface area (Å²) in [4.78, 5) is 19.5. The van der Waals surface area contributed by atoms with Gasteiger partial charge in [-0.1, -0.05) is 0 Å². The van der Waals surface area contributed by atoms with Crippen molar-refractivity contribution >= 4 is 28.2 Å². The lowest BCUT2D eigenvalue weighted by Gasteiger charge is -2.06. The Kier molecular flexibility index (Phi) is 4.00. The second-order valence-corrected chi connectivity index (χ2v) is 5.83. The van der Waals surface area contributed by atoms with Gasteiger partial charge >= 0.3 is 0 Å². The first-order valence-electron chi connectivity index (χ1n) is 8.08. The third kappa shape index (κ3) is 2.85. The van der Waals surface area contributed by atoms with E-state index in [0.29, 0.717) is 52.4 Å². The van der Waals surface area contributed by atoms with Crippen LogP contribution in [0.2, 0.25) is 0 Å². The number of carbonyl (C=O) groups is 1. The Morgan fingerprint density at radius 1 is 1.31 bits per heavy atom. The fourth-order valence-corrected chi connectivity index (χ4v) is 2.95. The van der Waals surface area contributed by atoms with Gasteiger partial charge in [-0.3, -0.25) is 10.2 Å². The van der Waals surface area contributed by atoms with Crippen LogP contribution in [0.15, 0.2) is 41.6 Å². The fourth-order valence-electron chi connectivity index (χ4n) is 2.95. The summed E-state index contributed by atoms with van der Waals surface area (Å²) in [6.45, 7) is 0.444. The number of ether oxygens (including phenoxy) is 1. The average Bonchev–Trinajstić information content (AvgIpc) is 2.95. The number of benzene rings is 1. The van der Waals surface area contributed by atoms with Gasteiger partial charge in [0.2, 0.25) is 5.88 Å². The van der Waals surface area contributed by atoms with Gasteiger partial charge in [0.15, 0.2) is 0 Å². The average molecular weight is 353 g/mol. The maximum Gasteiger partial charge on any atom is 0.268 e. The van der Waals surface area contributed by atoms with Crippen molar-refractivity contribution in [1.29, 1.82) is 0 Å². The van der Waals surface area contributed by atoms with E-state index < -0.39 is 0 Å². The summed E-state index contributed by atoms with van der Waals surface area (Å²) in [5, 5.41) is 7.90. The number of fused-ring (bicyclic) bond motifs is 3. The molecule has 7 nitrogen and oxygen atoms in total. The number of H-pyrrole nitrogens is 1. The standard InChI is InChI=1S/C18H16FN5O2/c1-26-15-5-3-11(9-21-15)23-24-14-6-7-20-18(25)17-16(14)12-8-10(19)2-4-13(12)22-17/h2-5,8-9,22-23H,6-7H2,1H3,(H,20,25)/b24-14+. The molecule has 8 heteroatoms. The zero-order chi connectivity index (χ0) is 18.1. The summed E-state index contributed by atoms with van der Waals surface area (Å²) >= 11 is 0. The predicted octanol–water partition coefficient (Wildman–Crippen LogP) is 2.66. The smallest absolute Gasteiger partial charge is 0.268 e. The molecule has 3 N–H and O–H groups in total. The topological polar surface area (TPSA) is 91.4 Å². The summed E-state index contributed by atoms with van der Waals surface area (Å²) in [5.41, 5.74) is 5.96. The van der Waals surface area contributed by atoms with Crippen LogP contribution in [0.4, 0.5) is 10.1 Å². The van der Waals surface area contributed by atoms with Crippen LogP contribution in [0.1, 0.15) is 22.5 Å². The van der Waals surface area contributed by atoms with E-state index in [9.17, 15) is 9.18 Å². The number of rotatable bonds is 3. The molecule has 3 heterocycles. The van der Waals surface area contributed by atoms with Gasteiger partial charge in [0.05, 0.1) is 24.7 Å². The van der Waals surface area contributed by atoms with E-state index in [1.165, 1.54) is 12.1 Å². The largest absolute Gasteiger partial charge is 0.481 e. The molecule has 0 fully saturated rings. The van der Waals surface area contributed by atoms with Gasteiger partial charge in [-0.2, -0.15) is 5.10 Å². The Hall–Kier alpha value is -3.42. The normalized spacial score (nSPS) is 15.5. The van der Waals surface area contributed by atoms with Gasteiger partial charge in [-0.05, 0) is 24.3 Å². The van der Waals surface area contributed by atoms with Crippen LogP contribution in [0.25, 0.3) is 10.9 Å². The summed E-state index contributed by atoms with van der Waals surface area (Å²) in [6.07, 6.45) is 2.11. The highest BCUT2D eigenvalue weighted by Crippen LogP contribution is 2.27. The molecule has 0 radical (unpaired) electrons. The molecule has 3 aromatic rings. The first kappa shape index (κ1) is 16.1. The van der Waals surface area contributed by atoms with Crippen LogP contribution in [0, 0.1) is 5.82 Å². The third-order valence-corrected chi connectivity index (χ3v) is 4.19. The van der Waals surface area contributed by atoms with Crippen LogP contribution >= 0.6 is 0 Å². The van der Waals surface area contributed by atoms with E-state index in [2.05, 4.69) is 25.8 Å². The summed E-state index contributed by atoms with van der Waals surface area (Å²) in [6, 6.07) is 7.88. The number of hydrazone groups is 1. The molecule has 1 aliphatic heterocycles. The lowest BCUT2D eigenvalue weighted by molar-refractivity contribution is 0.0952. The number of aromatic amines is 1. The number of nitrogens with one attached hydrogen (secondary N) is 3. The number of hydrogen-bond donors (Lipinski definition) is 3. The van der Waals surface area contributed by atoms with Gasteiger partial charge in [-0.15, -0.1) is 0 Å². The van der Waals surface area contributed by atoms with E-state index in [1.54, 1.807) is 31.5 Å². The molecule has 26 heavy (non-hydrogen) atoms. The predicted molar refractivity (Wildman–Crippen MR) is 96.2 cm³/mol. The second-order valence-electron chi connectivity index (χ2n) is 5.83. The summed E-state index contributed by atoms with van der Waals surface area (Å²) < 4.78 is 18.8. The van der Waals surface area contributed by atoms with E-state index in [-0.39, 0.29) is 11.7 Å². The van der Waals surface area contributed by atoms with Gasteiger partial charge in [0.1, 0.15) is 11.5 Å². The Bertz CT molecular complexity index is 1010. The van der Waals surface area contributed by atoms with Gasteiger partial charge in [-0.25, -0.2) is 9.37 Å². The van der Waals surface area contributed by atoms with Gasteiger partial charge in [0.25, 0.3) is 5.91 Å². The maximum absolute atomic E-state index is 13.7. The minimum Gasteiger partial charge on any atom is -0.481 e. The molecule has 0 saturated carbocycles. The highest BCUT2D eigenvalue weighted by atomic mass is 19.1. The molecule has 0 spiro atoms. The molecular formula is C18H16FN5O2. The Morgan fingerprint density at radius 3 is 2.96 bits per heavy atom. The molecule has 1 aliphatic rings. The molecule has 0 bridgehead atoms. The number of amides is 1. The van der Waals surface area contributed by atoms with Crippen molar-refractivity contribution in [2.45, 2.75) is 6.42 Å². The lowest BCUT2D eigenvalue weighted by Crippen LogP contribution is -2.23. The number of nitrogens with zero attached hydrogens (tertiary/aromatic N) is 2. The van der Waals surface area contributed by atoms with E-state index in [1.807, 2.05) is 0 Å². The molecule has 0 unspecified atom stereocenters. The van der Waals surface area contributed by atoms with Crippen LogP contribution in [-0.4, -0.2) is 35.2 Å². The number of hydrogen-bond acceptors (Lipinski definition) is 5. The van der Waals surface area contributed by atoms with Crippen molar-refractivity contribution < 1.29 is 13.9 Å². The number of aromatic nitrogens is 2. The third-order valence-electron chi connectivity index (χ3n) is 4.19. The highest BCUT2D eigenvalue weighted by molar-refractivity contribution is 6.19. The fraction of sp³-hybridized carbons (Fsp3) is 0.167. The summed E-state index contributed by atoms with van der Waals surface area (Å²) in [7, 11) is 1.54. The molecule has 132 valence electrons. The maximum atomic E-state index is 13.7. The molecule has 2 aromatic heterocycles. The number of carbonyl (C=O) groups excluding carboxylic acids is 1. The van der Waals surface area contributed by atoms with Crippen molar-refractivity contribution in [3.63, 3.8) is 0 Å². The zero-order valence-electron chi connectivity index (χ0n) is 14.0. The van der Waals surface area contributed by atoms with Crippen LogP contribution < -0.4 is 15.5 Å². The molecule has 0 atom stereocenters. The first-order chi connectivity index (χ1) is 12.7. The van der Waals surface area contributed by atoms with Crippen molar-refractivity contribution in [1.82, 2.24) is 15.3 Å². The highest BCUT2D eigenvalue weighted by Gasteiger charge is 2.25. The molecule has 0 saturated heterocycles. The van der Waals surface area contributed by atoms with E-state index in [4.69, 9.17) is 4.74 Å². The minimum absolute atomic E-state index is 0.229. The first-order valence-corrected chi connectivity index (χ1v) is 8.08. The monoisotopic (exact) mass is 353 g/mol. The number of pyridine rings is 1. The van der Waals surface area contributed by atoms with Crippen LogP contribution in [0.5, 0.6) is 5.88 Å². The molecular weight excluding hydrogens is 337 g/mol. The Labute approximate surface area is 148 Å². The van der Waals surface area contributed by atoms with Crippen molar-refractivity contribution in [3.05, 3.63) is 53.6 Å². The molecule has 1 amide bonds. The van der Waals surface area contributed by atoms with Crippen LogP contribution in [-0.2, 0) is 0 Å². The second kappa shape index (κ2) is 6.47. The number of methoxy groups -OCH3 is 1. The Balaban J connectivity index is 1.76. The molecule has 1 aromatic carbocycles. The summed E-state index contributed by atoms with van der Waals surface area (Å²) in [5.74, 6) is -0.0922. The molecule has 0 aliphatic carbocycles. The van der Waals surface area contributed by atoms with Gasteiger partial charge < -0.3 is 15.0 Å². The van der Waals surface area contributed by atoms with E-state index in [0.717, 1.165) is 0 Å². The van der Waals surface area contributed by atoms with Crippen molar-refractivity contribution in [3.8, 4) is 5.88 Å². The van der Waals surface area contributed by atoms with Crippen molar-refractivity contribution in [2.75, 3.05) is 19.1 Å². The van der Waals surface area contributed by atoms with Gasteiger partial charge in [0, 0.05) is 35.5 Å². The number of halogens is 1. The van der Waals surface area contributed by atoms with Crippen LogP contribution in [0.3, 0.4) is 0 Å². The molecule has 4 rings (SSSR count). The zero-order valence-corrected chi connectivity index (χ0v) is 14.0. The van der Waals surface area contributed by atoms with E-state index >= 15 is 0 Å². The number of anilines is 1.